The molecule has 1 heterocycles. The molecule has 0 aromatic heterocycles. The maximum absolute atomic E-state index is 12.7. The Hall–Kier alpha value is -2.62. The molecule has 1 saturated heterocycles. The van der Waals surface area contributed by atoms with Gasteiger partial charge in [0.2, 0.25) is 5.91 Å². The van der Waals surface area contributed by atoms with Crippen molar-refractivity contribution < 1.29 is 9.59 Å². The van der Waals surface area contributed by atoms with Crippen molar-refractivity contribution in [1.29, 1.82) is 0 Å². The molecule has 3 rings (SSSR count). The van der Waals surface area contributed by atoms with Gasteiger partial charge in [-0.2, -0.15) is 0 Å². The monoisotopic (exact) mass is 350 g/mol. The third-order valence-corrected chi connectivity index (χ3v) is 4.86. The molecule has 2 aromatic rings. The molecule has 136 valence electrons. The highest BCUT2D eigenvalue weighted by Crippen LogP contribution is 2.25. The van der Waals surface area contributed by atoms with Crippen LogP contribution in [0.2, 0.25) is 0 Å². The minimum Gasteiger partial charge on any atom is -0.373 e. The van der Waals surface area contributed by atoms with E-state index in [0.717, 1.165) is 31.4 Å². The van der Waals surface area contributed by atoms with E-state index in [4.69, 9.17) is 0 Å². The van der Waals surface area contributed by atoms with Gasteiger partial charge in [-0.05, 0) is 54.7 Å². The zero-order valence-electron chi connectivity index (χ0n) is 15.5. The number of rotatable bonds is 7. The van der Waals surface area contributed by atoms with E-state index < -0.39 is 6.04 Å². The Morgan fingerprint density at radius 3 is 2.23 bits per heavy atom. The zero-order chi connectivity index (χ0) is 18.5. The number of benzene rings is 2. The van der Waals surface area contributed by atoms with Crippen LogP contribution in [0.4, 0.5) is 11.4 Å². The van der Waals surface area contributed by atoms with Gasteiger partial charge in [0.1, 0.15) is 6.04 Å². The Labute approximate surface area is 155 Å². The number of nitrogens with one attached hydrogen (secondary N) is 1. The van der Waals surface area contributed by atoms with Crippen LogP contribution >= 0.6 is 0 Å². The fourth-order valence-corrected chi connectivity index (χ4v) is 3.25. The molecule has 0 bridgehead atoms. The summed E-state index contributed by atoms with van der Waals surface area (Å²) < 4.78 is 0. The summed E-state index contributed by atoms with van der Waals surface area (Å²) >= 11 is 0. The Bertz CT molecular complexity index is 766. The molecule has 2 aromatic carbocycles. The van der Waals surface area contributed by atoms with Gasteiger partial charge in [0.25, 0.3) is 5.91 Å². The van der Waals surface area contributed by atoms with Gasteiger partial charge in [-0.1, -0.05) is 44.5 Å². The lowest BCUT2D eigenvalue weighted by Crippen LogP contribution is -2.34. The minimum atomic E-state index is -0.505. The molecule has 4 nitrogen and oxygen atoms in total. The average Bonchev–Trinajstić information content (AvgIpc) is 2.94. The van der Waals surface area contributed by atoms with Gasteiger partial charge in [0, 0.05) is 5.69 Å². The lowest BCUT2D eigenvalue weighted by Gasteiger charge is -2.16. The van der Waals surface area contributed by atoms with Crippen LogP contribution in [0.25, 0.3) is 0 Å². The summed E-state index contributed by atoms with van der Waals surface area (Å²) in [5.74, 6) is -0.338. The van der Waals surface area contributed by atoms with E-state index >= 15 is 0 Å². The van der Waals surface area contributed by atoms with Crippen LogP contribution in [-0.2, 0) is 22.4 Å². The molecule has 0 spiro atoms. The Morgan fingerprint density at radius 1 is 0.962 bits per heavy atom. The first-order valence-corrected chi connectivity index (χ1v) is 9.43. The average molecular weight is 350 g/mol. The summed E-state index contributed by atoms with van der Waals surface area (Å²) in [6.07, 6.45) is 4.48. The van der Waals surface area contributed by atoms with Crippen LogP contribution in [0, 0.1) is 0 Å². The number of amides is 2. The van der Waals surface area contributed by atoms with Gasteiger partial charge in [-0.25, -0.2) is 4.90 Å². The van der Waals surface area contributed by atoms with E-state index in [-0.39, 0.29) is 18.2 Å². The predicted octanol–water partition coefficient (Wildman–Crippen LogP) is 4.34. The summed E-state index contributed by atoms with van der Waals surface area (Å²) in [6, 6.07) is 15.3. The molecule has 0 aliphatic carbocycles. The van der Waals surface area contributed by atoms with Crippen LogP contribution < -0.4 is 10.2 Å². The molecule has 1 atom stereocenters. The summed E-state index contributed by atoms with van der Waals surface area (Å²) in [6.45, 7) is 4.27. The zero-order valence-corrected chi connectivity index (χ0v) is 15.5. The third kappa shape index (κ3) is 3.96. The van der Waals surface area contributed by atoms with Crippen molar-refractivity contribution in [3.8, 4) is 0 Å². The Kier molecular flexibility index (Phi) is 5.71. The lowest BCUT2D eigenvalue weighted by atomic mass is 10.1. The molecule has 26 heavy (non-hydrogen) atoms. The van der Waals surface area contributed by atoms with Crippen molar-refractivity contribution in [2.45, 2.75) is 52.0 Å². The third-order valence-electron chi connectivity index (χ3n) is 4.86. The maximum atomic E-state index is 12.7. The molecular weight excluding hydrogens is 324 g/mol. The lowest BCUT2D eigenvalue weighted by molar-refractivity contribution is -0.121. The number of imide groups is 1. The summed E-state index contributed by atoms with van der Waals surface area (Å²) in [5.41, 5.74) is 4.01. The van der Waals surface area contributed by atoms with Crippen LogP contribution in [-0.4, -0.2) is 17.9 Å². The molecule has 1 aliphatic heterocycles. The molecule has 1 unspecified atom stereocenters. The van der Waals surface area contributed by atoms with Crippen molar-refractivity contribution in [2.75, 3.05) is 10.2 Å². The van der Waals surface area contributed by atoms with Gasteiger partial charge in [-0.15, -0.1) is 0 Å². The van der Waals surface area contributed by atoms with E-state index in [0.29, 0.717) is 5.69 Å². The molecule has 1 N–H and O–H groups in total. The van der Waals surface area contributed by atoms with Crippen molar-refractivity contribution in [3.63, 3.8) is 0 Å². The summed E-state index contributed by atoms with van der Waals surface area (Å²) in [7, 11) is 0. The fraction of sp³-hybridized carbons (Fsp3) is 0.364. The molecule has 1 fully saturated rings. The van der Waals surface area contributed by atoms with Crippen LogP contribution in [0.5, 0.6) is 0 Å². The molecule has 0 saturated carbocycles. The van der Waals surface area contributed by atoms with Gasteiger partial charge < -0.3 is 5.32 Å². The van der Waals surface area contributed by atoms with Crippen LogP contribution in [0.1, 0.15) is 44.2 Å². The van der Waals surface area contributed by atoms with Crippen molar-refractivity contribution in [3.05, 3.63) is 59.7 Å². The number of unbranched alkanes of at least 4 members (excludes halogenated alkanes) is 1. The van der Waals surface area contributed by atoms with Crippen LogP contribution in [0.3, 0.4) is 0 Å². The van der Waals surface area contributed by atoms with E-state index in [1.165, 1.54) is 16.0 Å². The van der Waals surface area contributed by atoms with E-state index in [1.807, 2.05) is 48.5 Å². The summed E-state index contributed by atoms with van der Waals surface area (Å²) in [4.78, 5) is 26.5. The second-order valence-corrected chi connectivity index (χ2v) is 6.79. The molecular formula is C22H26N2O2. The number of hydrogen-bond acceptors (Lipinski definition) is 3. The molecule has 2 amide bonds. The first-order chi connectivity index (χ1) is 12.6. The van der Waals surface area contributed by atoms with Crippen molar-refractivity contribution in [2.24, 2.45) is 0 Å². The van der Waals surface area contributed by atoms with E-state index in [2.05, 4.69) is 19.2 Å². The van der Waals surface area contributed by atoms with E-state index in [9.17, 15) is 9.59 Å². The first kappa shape index (κ1) is 18.2. The molecule has 1 aliphatic rings. The van der Waals surface area contributed by atoms with Crippen molar-refractivity contribution in [1.82, 2.24) is 0 Å². The topological polar surface area (TPSA) is 49.4 Å². The number of carbonyl (C=O) groups excluding carboxylic acids is 2. The van der Waals surface area contributed by atoms with Gasteiger partial charge in [0.15, 0.2) is 0 Å². The van der Waals surface area contributed by atoms with Crippen molar-refractivity contribution >= 4 is 23.2 Å². The predicted molar refractivity (Wildman–Crippen MR) is 105 cm³/mol. The normalized spacial score (nSPS) is 17.0. The standard InChI is InChI=1S/C22H26N2O2/c1-3-5-6-17-9-13-19(14-10-17)24-21(25)15-20(22(24)26)23-18-11-7-16(4-2)8-12-18/h7-14,20,23H,3-6,15H2,1-2H3. The Balaban J connectivity index is 1.69. The molecule has 0 radical (unpaired) electrons. The fourth-order valence-electron chi connectivity index (χ4n) is 3.25. The van der Waals surface area contributed by atoms with Gasteiger partial charge in [0.05, 0.1) is 12.1 Å². The number of carbonyl (C=O) groups is 2. The highest BCUT2D eigenvalue weighted by Gasteiger charge is 2.39. The number of hydrogen-bond donors (Lipinski definition) is 1. The second kappa shape index (κ2) is 8.17. The largest absolute Gasteiger partial charge is 0.373 e. The quantitative estimate of drug-likeness (QED) is 0.756. The van der Waals surface area contributed by atoms with Crippen LogP contribution in [0.15, 0.2) is 48.5 Å². The minimum absolute atomic E-state index is 0.154. The smallest absolute Gasteiger partial charge is 0.256 e. The maximum Gasteiger partial charge on any atom is 0.256 e. The first-order valence-electron chi connectivity index (χ1n) is 9.43. The highest BCUT2D eigenvalue weighted by atomic mass is 16.2. The van der Waals surface area contributed by atoms with E-state index in [1.54, 1.807) is 0 Å². The second-order valence-electron chi connectivity index (χ2n) is 6.79. The Morgan fingerprint density at radius 2 is 1.62 bits per heavy atom. The summed E-state index contributed by atoms with van der Waals surface area (Å²) in [5, 5.41) is 3.20. The SMILES string of the molecule is CCCCc1ccc(N2C(=O)CC(Nc3ccc(CC)cc3)C2=O)cc1. The highest BCUT2D eigenvalue weighted by molar-refractivity contribution is 6.23. The number of anilines is 2. The van der Waals surface area contributed by atoms with Gasteiger partial charge >= 0.3 is 0 Å². The number of aryl methyl sites for hydroxylation is 2. The number of nitrogens with zero attached hydrogens (tertiary/aromatic N) is 1. The molecule has 4 heteroatoms. The van der Waals surface area contributed by atoms with Gasteiger partial charge in [-0.3, -0.25) is 9.59 Å².